The van der Waals surface area contributed by atoms with Crippen LogP contribution in [0.2, 0.25) is 0 Å². The first-order valence-corrected chi connectivity index (χ1v) is 13.6. The Hall–Kier alpha value is -3.25. The normalized spacial score (nSPS) is 13.3. The molecule has 0 bridgehead atoms. The van der Waals surface area contributed by atoms with E-state index in [0.717, 1.165) is 46.8 Å². The van der Waals surface area contributed by atoms with Crippen LogP contribution in [0.3, 0.4) is 0 Å². The number of carbonyl (C=O) groups excluding carboxylic acids is 2. The number of nitrogens with zero attached hydrogens (tertiary/aromatic N) is 3. The number of hydrogen-bond acceptors (Lipinski definition) is 7. The highest BCUT2D eigenvalue weighted by molar-refractivity contribution is 7.89. The number of sulfonamides is 1. The molecule has 2 amide bonds. The molecule has 9 nitrogen and oxygen atoms in total. The second kappa shape index (κ2) is 11.9. The summed E-state index contributed by atoms with van der Waals surface area (Å²) in [4.78, 5) is 26.7. The molecule has 2 N–H and O–H groups in total. The van der Waals surface area contributed by atoms with Crippen molar-refractivity contribution in [1.82, 2.24) is 9.62 Å². The summed E-state index contributed by atoms with van der Waals surface area (Å²) >= 11 is 1.42. The van der Waals surface area contributed by atoms with Crippen LogP contribution in [0.25, 0.3) is 0 Å². The number of fused-ring (bicyclic) bond motifs is 1. The molecule has 35 heavy (non-hydrogen) atoms. The van der Waals surface area contributed by atoms with Gasteiger partial charge in [0.25, 0.3) is 11.8 Å². The minimum atomic E-state index is -3.93. The first kappa shape index (κ1) is 26.4. The van der Waals surface area contributed by atoms with Gasteiger partial charge in [-0.3, -0.25) is 9.59 Å². The van der Waals surface area contributed by atoms with Crippen LogP contribution in [0.15, 0.2) is 29.2 Å². The molecule has 0 saturated heterocycles. The second-order valence-electron chi connectivity index (χ2n) is 8.05. The number of carbonyl (C=O) groups is 2. The van der Waals surface area contributed by atoms with Crippen LogP contribution in [0.1, 0.15) is 63.3 Å². The summed E-state index contributed by atoms with van der Waals surface area (Å²) in [6, 6.07) is 9.31. The molecule has 2 aromatic rings. The number of thiophene rings is 1. The van der Waals surface area contributed by atoms with E-state index in [9.17, 15) is 18.0 Å². The maximum Gasteiger partial charge on any atom is 0.256 e. The van der Waals surface area contributed by atoms with Crippen molar-refractivity contribution in [3.63, 3.8) is 0 Å². The van der Waals surface area contributed by atoms with Crippen molar-refractivity contribution in [2.75, 3.05) is 25.5 Å². The van der Waals surface area contributed by atoms with Gasteiger partial charge in [-0.15, -0.1) is 11.3 Å². The fraction of sp³-hybridized carbons (Fsp3) is 0.417. The molecule has 1 aromatic heterocycles. The molecule has 0 spiro atoms. The van der Waals surface area contributed by atoms with Gasteiger partial charge in [0.15, 0.2) is 0 Å². The number of nitriles is 2. The lowest BCUT2D eigenvalue weighted by atomic mass is 10.0. The summed E-state index contributed by atoms with van der Waals surface area (Å²) in [5, 5.41) is 23.7. The molecule has 1 aromatic carbocycles. The van der Waals surface area contributed by atoms with Crippen LogP contribution >= 0.6 is 11.3 Å². The predicted molar refractivity (Wildman–Crippen MR) is 133 cm³/mol. The molecule has 1 heterocycles. The highest BCUT2D eigenvalue weighted by Crippen LogP contribution is 2.37. The van der Waals surface area contributed by atoms with E-state index in [4.69, 9.17) is 10.5 Å². The number of hydrogen-bond donors (Lipinski definition) is 2. The number of amides is 2. The van der Waals surface area contributed by atoms with Gasteiger partial charge >= 0.3 is 0 Å². The zero-order valence-corrected chi connectivity index (χ0v) is 21.1. The van der Waals surface area contributed by atoms with Gasteiger partial charge in [0.05, 0.1) is 22.6 Å². The maximum atomic E-state index is 13.0. The maximum absolute atomic E-state index is 13.0. The van der Waals surface area contributed by atoms with Crippen LogP contribution < -0.4 is 10.6 Å². The van der Waals surface area contributed by atoms with Crippen molar-refractivity contribution in [3.8, 4) is 12.1 Å². The van der Waals surface area contributed by atoms with E-state index >= 15 is 0 Å². The molecule has 0 atom stereocenters. The Morgan fingerprint density at radius 3 is 2.23 bits per heavy atom. The molecule has 0 fully saturated rings. The van der Waals surface area contributed by atoms with Crippen LogP contribution in [-0.2, 0) is 22.9 Å². The summed E-state index contributed by atoms with van der Waals surface area (Å²) in [5.74, 6) is -0.683. The molecular formula is C24H27N5O4S2. The van der Waals surface area contributed by atoms with Crippen molar-refractivity contribution in [2.24, 2.45) is 0 Å². The summed E-state index contributed by atoms with van der Waals surface area (Å²) in [6.45, 7) is -0.0396. The molecule has 3 rings (SSSR count). The van der Waals surface area contributed by atoms with E-state index in [1.54, 1.807) is 7.05 Å². The third-order valence-corrected chi connectivity index (χ3v) is 8.92. The summed E-state index contributed by atoms with van der Waals surface area (Å²) < 4.78 is 27.0. The third-order valence-electron chi connectivity index (χ3n) is 5.80. The first-order chi connectivity index (χ1) is 16.8. The average Bonchev–Trinajstić information content (AvgIpc) is 3.03. The van der Waals surface area contributed by atoms with Crippen LogP contribution in [0.4, 0.5) is 5.00 Å². The molecule has 0 saturated carbocycles. The van der Waals surface area contributed by atoms with E-state index in [0.29, 0.717) is 10.6 Å². The molecule has 1 aliphatic carbocycles. The van der Waals surface area contributed by atoms with Crippen molar-refractivity contribution < 1.29 is 18.0 Å². The standard InChI is InChI=1S/C24H27N5O4S2/c1-27-23(31)21-19-7-3-2-4-8-20(19)34-24(21)28-22(30)17-9-11-18(12-10-17)35(32,33)29(15-5-13-25)16-6-14-26/h9-12H,2-8,15-16H2,1H3,(H,27,31)(H,28,30). The van der Waals surface area contributed by atoms with E-state index < -0.39 is 15.9 Å². The van der Waals surface area contributed by atoms with Crippen molar-refractivity contribution in [2.45, 2.75) is 49.8 Å². The Morgan fingerprint density at radius 1 is 1.00 bits per heavy atom. The Balaban J connectivity index is 1.83. The smallest absolute Gasteiger partial charge is 0.256 e. The number of rotatable bonds is 9. The minimum absolute atomic E-state index is 0.00358. The Bertz CT molecular complexity index is 1250. The van der Waals surface area contributed by atoms with Crippen LogP contribution in [0, 0.1) is 22.7 Å². The molecule has 1 aliphatic rings. The predicted octanol–water partition coefficient (Wildman–Crippen LogP) is 3.45. The highest BCUT2D eigenvalue weighted by atomic mass is 32.2. The lowest BCUT2D eigenvalue weighted by Crippen LogP contribution is -2.32. The third kappa shape index (κ3) is 6.06. The minimum Gasteiger partial charge on any atom is -0.355 e. The van der Waals surface area contributed by atoms with Gasteiger partial charge in [-0.05, 0) is 55.5 Å². The van der Waals surface area contributed by atoms with Gasteiger partial charge < -0.3 is 10.6 Å². The quantitative estimate of drug-likeness (QED) is 0.492. The van der Waals surface area contributed by atoms with Crippen molar-refractivity contribution in [1.29, 1.82) is 10.5 Å². The average molecular weight is 514 g/mol. The topological polar surface area (TPSA) is 143 Å². The summed E-state index contributed by atoms with van der Waals surface area (Å²) in [7, 11) is -2.37. The lowest BCUT2D eigenvalue weighted by molar-refractivity contribution is 0.0963. The van der Waals surface area contributed by atoms with Crippen molar-refractivity contribution >= 4 is 38.2 Å². The highest BCUT2D eigenvalue weighted by Gasteiger charge is 2.26. The first-order valence-electron chi connectivity index (χ1n) is 11.4. The molecular weight excluding hydrogens is 486 g/mol. The van der Waals surface area contributed by atoms with Gasteiger partial charge in [0, 0.05) is 43.4 Å². The Morgan fingerprint density at radius 2 is 1.63 bits per heavy atom. The zero-order chi connectivity index (χ0) is 25.4. The summed E-state index contributed by atoms with van der Waals surface area (Å²) in [5.41, 5.74) is 1.75. The SMILES string of the molecule is CNC(=O)c1c(NC(=O)c2ccc(S(=O)(=O)N(CCC#N)CCC#N)cc2)sc2c1CCCCC2. The number of aryl methyl sites for hydroxylation is 1. The molecule has 0 radical (unpaired) electrons. The Kier molecular flexibility index (Phi) is 8.99. The monoisotopic (exact) mass is 513 g/mol. The molecule has 11 heteroatoms. The number of benzene rings is 1. The van der Waals surface area contributed by atoms with E-state index in [2.05, 4.69) is 10.6 Å². The molecule has 0 aliphatic heterocycles. The molecule has 0 unspecified atom stereocenters. The van der Waals surface area contributed by atoms with Gasteiger partial charge in [0.1, 0.15) is 5.00 Å². The number of nitrogens with one attached hydrogen (secondary N) is 2. The summed E-state index contributed by atoms with van der Waals surface area (Å²) in [6.07, 6.45) is 4.83. The fourth-order valence-electron chi connectivity index (χ4n) is 4.00. The zero-order valence-electron chi connectivity index (χ0n) is 19.5. The molecule has 184 valence electrons. The number of anilines is 1. The van der Waals surface area contributed by atoms with Gasteiger partial charge in [-0.2, -0.15) is 14.8 Å². The van der Waals surface area contributed by atoms with Gasteiger partial charge in [-0.1, -0.05) is 6.42 Å². The van der Waals surface area contributed by atoms with E-state index in [1.165, 1.54) is 35.6 Å². The van der Waals surface area contributed by atoms with E-state index in [1.807, 2.05) is 12.1 Å². The van der Waals surface area contributed by atoms with Gasteiger partial charge in [-0.25, -0.2) is 8.42 Å². The van der Waals surface area contributed by atoms with Crippen molar-refractivity contribution in [3.05, 3.63) is 45.8 Å². The van der Waals surface area contributed by atoms with E-state index in [-0.39, 0.29) is 42.3 Å². The fourth-order valence-corrected chi connectivity index (χ4v) is 6.72. The lowest BCUT2D eigenvalue weighted by Gasteiger charge is -2.20. The second-order valence-corrected chi connectivity index (χ2v) is 11.1. The van der Waals surface area contributed by atoms with Crippen LogP contribution in [0.5, 0.6) is 0 Å². The largest absolute Gasteiger partial charge is 0.355 e. The Labute approximate surface area is 209 Å². The van der Waals surface area contributed by atoms with Gasteiger partial charge in [0.2, 0.25) is 10.0 Å². The van der Waals surface area contributed by atoms with Crippen LogP contribution in [-0.4, -0.2) is 44.7 Å².